The van der Waals surface area contributed by atoms with E-state index in [1.54, 1.807) is 0 Å². The summed E-state index contributed by atoms with van der Waals surface area (Å²) in [6.07, 6.45) is 0.0792. The van der Waals surface area contributed by atoms with Gasteiger partial charge in [0, 0.05) is 16.8 Å². The van der Waals surface area contributed by atoms with Crippen LogP contribution in [-0.2, 0) is 22.5 Å². The predicted octanol–water partition coefficient (Wildman–Crippen LogP) is 4.01. The van der Waals surface area contributed by atoms with E-state index in [4.69, 9.17) is 25.8 Å². The predicted molar refractivity (Wildman–Crippen MR) is 113 cm³/mol. The van der Waals surface area contributed by atoms with Gasteiger partial charge in [0.25, 0.3) is 5.69 Å². The number of carbonyl (C=O) groups excluding carboxylic acids is 2. The van der Waals surface area contributed by atoms with Crippen molar-refractivity contribution in [1.82, 2.24) is 4.98 Å². The van der Waals surface area contributed by atoms with Crippen molar-refractivity contribution in [3.05, 3.63) is 68.9 Å². The summed E-state index contributed by atoms with van der Waals surface area (Å²) in [4.78, 5) is 39.0. The second-order valence-electron chi connectivity index (χ2n) is 6.45. The van der Waals surface area contributed by atoms with Gasteiger partial charge in [-0.2, -0.15) is 0 Å². The third kappa shape index (κ3) is 4.31. The molecule has 3 aromatic rings. The molecule has 0 aliphatic carbocycles. The third-order valence-electron chi connectivity index (χ3n) is 4.68. The number of rotatable bonds is 8. The summed E-state index contributed by atoms with van der Waals surface area (Å²) < 4.78 is 15.5. The molecule has 10 heteroatoms. The number of aromatic nitrogens is 1. The SMILES string of the molecule is COC(=O)c1[nH]c2c(OCc3ccccc3)cc([N+](=O)[O-])c(CCCl)c2c1C(=O)OC. The van der Waals surface area contributed by atoms with Crippen molar-refractivity contribution < 1.29 is 28.7 Å². The molecule has 9 nitrogen and oxygen atoms in total. The molecule has 0 atom stereocenters. The van der Waals surface area contributed by atoms with Gasteiger partial charge in [-0.15, -0.1) is 11.6 Å². The number of fused-ring (bicyclic) bond motifs is 1. The number of nitrogens with zero attached hydrogens (tertiary/aromatic N) is 1. The number of carbonyl (C=O) groups is 2. The number of hydrogen-bond donors (Lipinski definition) is 1. The van der Waals surface area contributed by atoms with Crippen LogP contribution in [0.25, 0.3) is 10.9 Å². The van der Waals surface area contributed by atoms with Crippen molar-refractivity contribution in [2.75, 3.05) is 20.1 Å². The Balaban J connectivity index is 2.32. The van der Waals surface area contributed by atoms with E-state index >= 15 is 0 Å². The lowest BCUT2D eigenvalue weighted by molar-refractivity contribution is -0.385. The second-order valence-corrected chi connectivity index (χ2v) is 6.83. The van der Waals surface area contributed by atoms with Gasteiger partial charge in [0.15, 0.2) is 5.75 Å². The number of ether oxygens (including phenoxy) is 3. The minimum Gasteiger partial charge on any atom is -0.486 e. The third-order valence-corrected chi connectivity index (χ3v) is 4.87. The molecule has 162 valence electrons. The molecule has 0 amide bonds. The highest BCUT2D eigenvalue weighted by molar-refractivity contribution is 6.19. The Morgan fingerprint density at radius 1 is 1.13 bits per heavy atom. The molecule has 3 rings (SSSR count). The van der Waals surface area contributed by atoms with Crippen LogP contribution in [0.15, 0.2) is 36.4 Å². The van der Waals surface area contributed by atoms with Gasteiger partial charge in [0.2, 0.25) is 0 Å². The number of nitro groups is 1. The van der Waals surface area contributed by atoms with Crippen LogP contribution in [0.5, 0.6) is 5.75 Å². The number of benzene rings is 2. The van der Waals surface area contributed by atoms with Crippen LogP contribution < -0.4 is 4.74 Å². The number of nitrogens with one attached hydrogen (secondary N) is 1. The average molecular weight is 447 g/mol. The number of aryl methyl sites for hydroxylation is 1. The minimum atomic E-state index is -0.850. The normalized spacial score (nSPS) is 10.7. The molecule has 0 aliphatic rings. The maximum absolute atomic E-state index is 12.6. The van der Waals surface area contributed by atoms with Crippen LogP contribution in [0.3, 0.4) is 0 Å². The Kier molecular flexibility index (Phi) is 6.76. The monoisotopic (exact) mass is 446 g/mol. The highest BCUT2D eigenvalue weighted by Gasteiger charge is 2.32. The fraction of sp³-hybridized carbons (Fsp3) is 0.238. The van der Waals surface area contributed by atoms with Crippen molar-refractivity contribution in [1.29, 1.82) is 0 Å². The van der Waals surface area contributed by atoms with Gasteiger partial charge >= 0.3 is 11.9 Å². The fourth-order valence-corrected chi connectivity index (χ4v) is 3.51. The van der Waals surface area contributed by atoms with Gasteiger partial charge < -0.3 is 19.2 Å². The molecular formula is C21H19ClN2O7. The maximum atomic E-state index is 12.6. The molecule has 1 N–H and O–H groups in total. The van der Waals surface area contributed by atoms with E-state index in [0.29, 0.717) is 0 Å². The van der Waals surface area contributed by atoms with Gasteiger partial charge in [-0.05, 0) is 12.0 Å². The van der Waals surface area contributed by atoms with E-state index < -0.39 is 16.9 Å². The molecule has 0 saturated carbocycles. The Labute approximate surface area is 182 Å². The highest BCUT2D eigenvalue weighted by atomic mass is 35.5. The lowest BCUT2D eigenvalue weighted by Crippen LogP contribution is -2.11. The zero-order chi connectivity index (χ0) is 22.5. The zero-order valence-corrected chi connectivity index (χ0v) is 17.5. The Bertz CT molecular complexity index is 1140. The molecule has 0 spiro atoms. The lowest BCUT2D eigenvalue weighted by Gasteiger charge is -2.11. The van der Waals surface area contributed by atoms with Gasteiger partial charge in [-0.3, -0.25) is 10.1 Å². The first-order valence-electron chi connectivity index (χ1n) is 9.18. The first-order chi connectivity index (χ1) is 14.9. The Morgan fingerprint density at radius 2 is 1.81 bits per heavy atom. The highest BCUT2D eigenvalue weighted by Crippen LogP contribution is 2.40. The smallest absolute Gasteiger partial charge is 0.355 e. The summed E-state index contributed by atoms with van der Waals surface area (Å²) >= 11 is 5.88. The molecule has 0 saturated heterocycles. The van der Waals surface area contributed by atoms with E-state index in [1.165, 1.54) is 6.07 Å². The fourth-order valence-electron chi connectivity index (χ4n) is 3.32. The first-order valence-corrected chi connectivity index (χ1v) is 9.71. The Morgan fingerprint density at radius 3 is 2.39 bits per heavy atom. The van der Waals surface area contributed by atoms with E-state index in [1.807, 2.05) is 30.3 Å². The molecule has 31 heavy (non-hydrogen) atoms. The topological polar surface area (TPSA) is 121 Å². The lowest BCUT2D eigenvalue weighted by atomic mass is 10.00. The molecule has 0 unspecified atom stereocenters. The number of hydrogen-bond acceptors (Lipinski definition) is 7. The number of H-pyrrole nitrogens is 1. The van der Waals surface area contributed by atoms with E-state index in [-0.39, 0.29) is 58.1 Å². The average Bonchev–Trinajstić information content (AvgIpc) is 3.19. The van der Waals surface area contributed by atoms with Crippen molar-refractivity contribution in [3.63, 3.8) is 0 Å². The van der Waals surface area contributed by atoms with Crippen molar-refractivity contribution in [2.24, 2.45) is 0 Å². The van der Waals surface area contributed by atoms with Gasteiger partial charge in [-0.25, -0.2) is 9.59 Å². The van der Waals surface area contributed by atoms with Gasteiger partial charge in [-0.1, -0.05) is 30.3 Å². The number of halogens is 1. The van der Waals surface area contributed by atoms with E-state index in [2.05, 4.69) is 4.98 Å². The van der Waals surface area contributed by atoms with Gasteiger partial charge in [0.1, 0.15) is 17.9 Å². The van der Waals surface area contributed by atoms with Crippen molar-refractivity contribution in [2.45, 2.75) is 13.0 Å². The van der Waals surface area contributed by atoms with Gasteiger partial charge in [0.05, 0.1) is 30.7 Å². The number of nitro benzene ring substituents is 1. The summed E-state index contributed by atoms with van der Waals surface area (Å²) in [5.74, 6) is -1.52. The first kappa shape index (κ1) is 22.1. The summed E-state index contributed by atoms with van der Waals surface area (Å²) in [5, 5.41) is 11.9. The second kappa shape index (κ2) is 9.48. The zero-order valence-electron chi connectivity index (χ0n) is 16.8. The van der Waals surface area contributed by atoms with Crippen LogP contribution in [0.2, 0.25) is 0 Å². The largest absolute Gasteiger partial charge is 0.486 e. The molecule has 0 fully saturated rings. The number of methoxy groups -OCH3 is 2. The summed E-state index contributed by atoms with van der Waals surface area (Å²) in [5.41, 5.74) is 0.618. The van der Waals surface area contributed by atoms with Crippen LogP contribution in [-0.4, -0.2) is 41.9 Å². The molecule has 1 heterocycles. The number of esters is 2. The standard InChI is InChI=1S/C21H19ClN2O7/c1-29-20(25)17-16-13(8-9-22)14(24(27)28)10-15(18(16)23-19(17)21(26)30-2)31-11-12-6-4-3-5-7-12/h3-7,10,23H,8-9,11H2,1-2H3. The molecular weight excluding hydrogens is 428 g/mol. The summed E-state index contributed by atoms with van der Waals surface area (Å²) in [6.45, 7) is 0.113. The molecule has 1 aromatic heterocycles. The summed E-state index contributed by atoms with van der Waals surface area (Å²) in [6, 6.07) is 10.4. The van der Waals surface area contributed by atoms with Crippen molar-refractivity contribution in [3.8, 4) is 5.75 Å². The van der Waals surface area contributed by atoms with Crippen LogP contribution >= 0.6 is 11.6 Å². The molecule has 0 aliphatic heterocycles. The number of alkyl halides is 1. The molecule has 2 aromatic carbocycles. The molecule has 0 bridgehead atoms. The maximum Gasteiger partial charge on any atom is 0.355 e. The minimum absolute atomic E-state index is 0.0551. The molecule has 0 radical (unpaired) electrons. The number of aromatic amines is 1. The van der Waals surface area contributed by atoms with E-state index in [9.17, 15) is 19.7 Å². The van der Waals surface area contributed by atoms with Crippen molar-refractivity contribution >= 4 is 40.1 Å². The van der Waals surface area contributed by atoms with Crippen LogP contribution in [0.1, 0.15) is 32.0 Å². The van der Waals surface area contributed by atoms with Crippen LogP contribution in [0, 0.1) is 10.1 Å². The van der Waals surface area contributed by atoms with E-state index in [0.717, 1.165) is 19.8 Å². The Hall–Kier alpha value is -3.59. The quantitative estimate of drug-likeness (QED) is 0.240. The van der Waals surface area contributed by atoms with Crippen LogP contribution in [0.4, 0.5) is 5.69 Å². The summed E-state index contributed by atoms with van der Waals surface area (Å²) in [7, 11) is 2.30.